The van der Waals surface area contributed by atoms with Crippen molar-refractivity contribution in [1.82, 2.24) is 24.8 Å². The molecule has 1 atom stereocenters. The lowest BCUT2D eigenvalue weighted by molar-refractivity contribution is 0.327. The highest BCUT2D eigenvalue weighted by Gasteiger charge is 2.16. The van der Waals surface area contributed by atoms with Gasteiger partial charge in [0.1, 0.15) is 5.52 Å². The molecule has 3 heterocycles. The van der Waals surface area contributed by atoms with Crippen molar-refractivity contribution in [3.8, 4) is 0 Å². The molecule has 1 unspecified atom stereocenters. The zero-order valence-electron chi connectivity index (χ0n) is 11.1. The van der Waals surface area contributed by atoms with Crippen LogP contribution in [-0.2, 0) is 0 Å². The Hall–Kier alpha value is -1.89. The van der Waals surface area contributed by atoms with Crippen LogP contribution in [0.5, 0.6) is 0 Å². The van der Waals surface area contributed by atoms with Crippen LogP contribution in [0.2, 0.25) is 0 Å². The lowest BCUT2D eigenvalue weighted by Crippen LogP contribution is -2.33. The Morgan fingerprint density at radius 2 is 2.21 bits per heavy atom. The average molecular weight is 261 g/mol. The molecule has 4 N–H and O–H groups in total. The number of nitrogens with zero attached hydrogens (tertiary/aromatic N) is 4. The highest BCUT2D eigenvalue weighted by atomic mass is 15.2. The van der Waals surface area contributed by atoms with E-state index in [1.54, 1.807) is 6.33 Å². The second-order valence-corrected chi connectivity index (χ2v) is 5.08. The van der Waals surface area contributed by atoms with Gasteiger partial charge < -0.3 is 20.9 Å². The lowest BCUT2D eigenvalue weighted by Gasteiger charge is -2.21. The minimum atomic E-state index is 0.246. The Balaban J connectivity index is 1.74. The Bertz CT molecular complexity index is 558. The molecular weight excluding hydrogens is 242 g/mol. The van der Waals surface area contributed by atoms with Gasteiger partial charge in [-0.25, -0.2) is 4.98 Å². The van der Waals surface area contributed by atoms with Gasteiger partial charge in [-0.05, 0) is 32.9 Å². The monoisotopic (exact) mass is 261 g/mol. The van der Waals surface area contributed by atoms with Gasteiger partial charge in [-0.15, -0.1) is 0 Å². The van der Waals surface area contributed by atoms with Crippen LogP contribution in [0.3, 0.4) is 0 Å². The molecule has 1 fully saturated rings. The van der Waals surface area contributed by atoms with E-state index in [0.717, 1.165) is 17.9 Å². The summed E-state index contributed by atoms with van der Waals surface area (Å²) in [5.41, 5.74) is 7.10. The summed E-state index contributed by atoms with van der Waals surface area (Å²) in [6, 6.07) is 0.305. The van der Waals surface area contributed by atoms with E-state index in [0.29, 0.717) is 11.7 Å². The number of nitrogens with two attached hydrogens (primary N) is 1. The molecule has 1 aliphatic rings. The fraction of sp³-hybridized carbons (Fsp3) is 0.583. The number of aromatic nitrogens is 4. The summed E-state index contributed by atoms with van der Waals surface area (Å²) in [7, 11) is 0. The number of nitrogen functional groups attached to an aromatic ring is 1. The molecule has 102 valence electrons. The van der Waals surface area contributed by atoms with Crippen molar-refractivity contribution < 1.29 is 0 Å². The topological polar surface area (TPSA) is 95.8 Å². The van der Waals surface area contributed by atoms with Gasteiger partial charge in [0.25, 0.3) is 0 Å². The van der Waals surface area contributed by atoms with Crippen molar-refractivity contribution in [2.45, 2.75) is 25.8 Å². The number of anilines is 2. The summed E-state index contributed by atoms with van der Waals surface area (Å²) in [6.45, 7) is 5.55. The number of fused-ring (bicyclic) bond motifs is 1. The number of likely N-dealkylation sites (tertiary alicyclic amines) is 1. The van der Waals surface area contributed by atoms with Crippen molar-refractivity contribution in [1.29, 1.82) is 0 Å². The van der Waals surface area contributed by atoms with Gasteiger partial charge >= 0.3 is 0 Å². The van der Waals surface area contributed by atoms with Crippen LogP contribution < -0.4 is 11.1 Å². The first-order chi connectivity index (χ1) is 9.22. The summed E-state index contributed by atoms with van der Waals surface area (Å²) < 4.78 is 0. The molecule has 0 spiro atoms. The highest BCUT2D eigenvalue weighted by Crippen LogP contribution is 2.18. The van der Waals surface area contributed by atoms with Crippen molar-refractivity contribution in [3.05, 3.63) is 6.33 Å². The lowest BCUT2D eigenvalue weighted by atomic mass is 10.3. The van der Waals surface area contributed by atoms with E-state index in [9.17, 15) is 0 Å². The average Bonchev–Trinajstić information content (AvgIpc) is 2.99. The molecule has 1 aliphatic heterocycles. The molecule has 0 aliphatic carbocycles. The number of H-pyrrole nitrogens is 1. The summed E-state index contributed by atoms with van der Waals surface area (Å²) in [5, 5.41) is 3.39. The van der Waals surface area contributed by atoms with Crippen molar-refractivity contribution in [2.24, 2.45) is 0 Å². The molecule has 0 bridgehead atoms. The first-order valence-corrected chi connectivity index (χ1v) is 6.68. The molecule has 0 saturated carbocycles. The molecule has 0 amide bonds. The SMILES string of the molecule is CC(CN1CCCC1)Nc1nc(N)nc2nc[nH]c12. The first-order valence-electron chi connectivity index (χ1n) is 6.68. The van der Waals surface area contributed by atoms with E-state index < -0.39 is 0 Å². The number of nitrogens with one attached hydrogen (secondary N) is 2. The van der Waals surface area contributed by atoms with E-state index in [4.69, 9.17) is 5.73 Å². The van der Waals surface area contributed by atoms with E-state index in [-0.39, 0.29) is 5.95 Å². The van der Waals surface area contributed by atoms with Gasteiger partial charge in [0.05, 0.1) is 6.33 Å². The number of imidazole rings is 1. The third-order valence-electron chi connectivity index (χ3n) is 3.42. The fourth-order valence-corrected chi connectivity index (χ4v) is 2.59. The second-order valence-electron chi connectivity index (χ2n) is 5.08. The van der Waals surface area contributed by atoms with Crippen molar-refractivity contribution in [2.75, 3.05) is 30.7 Å². The molecule has 2 aromatic rings. The Morgan fingerprint density at radius 3 is 3.00 bits per heavy atom. The smallest absolute Gasteiger partial charge is 0.224 e. The van der Waals surface area contributed by atoms with Crippen LogP contribution in [0.25, 0.3) is 11.2 Å². The summed E-state index contributed by atoms with van der Waals surface area (Å²) >= 11 is 0. The largest absolute Gasteiger partial charge is 0.368 e. The number of aromatic amines is 1. The maximum atomic E-state index is 5.70. The Kier molecular flexibility index (Phi) is 3.20. The molecule has 7 heteroatoms. The first kappa shape index (κ1) is 12.2. The van der Waals surface area contributed by atoms with Gasteiger partial charge in [-0.2, -0.15) is 9.97 Å². The van der Waals surface area contributed by atoms with E-state index in [2.05, 4.69) is 37.1 Å². The molecule has 1 saturated heterocycles. The van der Waals surface area contributed by atoms with Crippen LogP contribution >= 0.6 is 0 Å². The Labute approximate surface area is 111 Å². The zero-order valence-corrected chi connectivity index (χ0v) is 11.1. The number of hydrogen-bond acceptors (Lipinski definition) is 6. The van der Waals surface area contributed by atoms with Gasteiger partial charge in [0.15, 0.2) is 11.5 Å². The van der Waals surface area contributed by atoms with Crippen molar-refractivity contribution in [3.63, 3.8) is 0 Å². The van der Waals surface area contributed by atoms with Crippen molar-refractivity contribution >= 4 is 22.9 Å². The molecule has 19 heavy (non-hydrogen) atoms. The molecule has 2 aromatic heterocycles. The van der Waals surface area contributed by atoms with E-state index in [1.807, 2.05) is 0 Å². The second kappa shape index (κ2) is 5.00. The molecule has 0 radical (unpaired) electrons. The minimum Gasteiger partial charge on any atom is -0.368 e. The predicted octanol–water partition coefficient (Wildman–Crippen LogP) is 0.831. The quantitative estimate of drug-likeness (QED) is 0.754. The van der Waals surface area contributed by atoms with Crippen LogP contribution in [-0.4, -0.2) is 50.5 Å². The van der Waals surface area contributed by atoms with Gasteiger partial charge in [-0.1, -0.05) is 0 Å². The normalized spacial score (nSPS) is 17.9. The third-order valence-corrected chi connectivity index (χ3v) is 3.42. The predicted molar refractivity (Wildman–Crippen MR) is 74.9 cm³/mol. The van der Waals surface area contributed by atoms with Gasteiger partial charge in [-0.3, -0.25) is 0 Å². The summed E-state index contributed by atoms with van der Waals surface area (Å²) in [5.74, 6) is 0.974. The van der Waals surface area contributed by atoms with Crippen LogP contribution in [0.4, 0.5) is 11.8 Å². The Morgan fingerprint density at radius 1 is 1.42 bits per heavy atom. The number of hydrogen-bond donors (Lipinski definition) is 3. The van der Waals surface area contributed by atoms with Gasteiger partial charge in [0, 0.05) is 12.6 Å². The van der Waals surface area contributed by atoms with Crippen LogP contribution in [0, 0.1) is 0 Å². The highest BCUT2D eigenvalue weighted by molar-refractivity contribution is 5.83. The third kappa shape index (κ3) is 2.60. The molecular formula is C12H19N7. The summed E-state index contributed by atoms with van der Waals surface area (Å²) in [6.07, 6.45) is 4.21. The minimum absolute atomic E-state index is 0.246. The molecule has 3 rings (SSSR count). The number of rotatable bonds is 4. The van der Waals surface area contributed by atoms with Crippen LogP contribution in [0.1, 0.15) is 19.8 Å². The maximum Gasteiger partial charge on any atom is 0.224 e. The standard InChI is InChI=1S/C12H19N7/c1-8(6-19-4-2-3-5-19)16-11-9-10(15-7-14-9)17-12(13)18-11/h7-8H,2-6H2,1H3,(H4,13,14,15,16,17,18). The molecule has 7 nitrogen and oxygen atoms in total. The maximum absolute atomic E-state index is 5.70. The summed E-state index contributed by atoms with van der Waals surface area (Å²) in [4.78, 5) is 18.0. The van der Waals surface area contributed by atoms with Gasteiger partial charge in [0.2, 0.25) is 5.95 Å². The van der Waals surface area contributed by atoms with Crippen LogP contribution in [0.15, 0.2) is 6.33 Å². The zero-order chi connectivity index (χ0) is 13.2. The van der Waals surface area contributed by atoms with E-state index in [1.165, 1.54) is 25.9 Å². The molecule has 0 aromatic carbocycles. The van der Waals surface area contributed by atoms with E-state index >= 15 is 0 Å². The fourth-order valence-electron chi connectivity index (χ4n) is 2.59.